The number of hydrogen-bond donors (Lipinski definition) is 1. The molecule has 96 valence electrons. The van der Waals surface area contributed by atoms with Gasteiger partial charge in [0.15, 0.2) is 0 Å². The maximum absolute atomic E-state index is 10.4. The van der Waals surface area contributed by atoms with Crippen LogP contribution in [-0.4, -0.2) is 23.9 Å². The molecule has 0 aliphatic heterocycles. The topological polar surface area (TPSA) is 29.5 Å². The van der Waals surface area contributed by atoms with Gasteiger partial charge in [-0.1, -0.05) is 40.0 Å². The molecular formula is C14H28O2. The first kappa shape index (κ1) is 14.0. The molecule has 0 amide bonds. The summed E-state index contributed by atoms with van der Waals surface area (Å²) < 4.78 is 5.82. The average Bonchev–Trinajstić information content (AvgIpc) is 2.25. The van der Waals surface area contributed by atoms with E-state index in [-0.39, 0.29) is 17.6 Å². The Hall–Kier alpha value is -0.0800. The van der Waals surface area contributed by atoms with Gasteiger partial charge in [-0.25, -0.2) is 0 Å². The third-order valence-corrected chi connectivity index (χ3v) is 3.67. The predicted molar refractivity (Wildman–Crippen MR) is 67.5 cm³/mol. The van der Waals surface area contributed by atoms with Crippen LogP contribution in [0, 0.1) is 11.3 Å². The molecule has 1 rings (SSSR count). The fourth-order valence-electron chi connectivity index (χ4n) is 2.63. The molecule has 1 saturated carbocycles. The van der Waals surface area contributed by atoms with Crippen molar-refractivity contribution in [1.82, 2.24) is 0 Å². The lowest BCUT2D eigenvalue weighted by Gasteiger charge is -2.38. The van der Waals surface area contributed by atoms with E-state index in [9.17, 15) is 5.11 Å². The Labute approximate surface area is 100 Å². The minimum Gasteiger partial charge on any atom is -0.390 e. The van der Waals surface area contributed by atoms with E-state index in [4.69, 9.17) is 4.74 Å². The summed E-state index contributed by atoms with van der Waals surface area (Å²) in [5.41, 5.74) is -0.0860. The summed E-state index contributed by atoms with van der Waals surface area (Å²) >= 11 is 0. The molecule has 1 N–H and O–H groups in total. The van der Waals surface area contributed by atoms with E-state index in [1.54, 1.807) is 0 Å². The summed E-state index contributed by atoms with van der Waals surface area (Å²) in [5, 5.41) is 10.4. The Morgan fingerprint density at radius 1 is 1.19 bits per heavy atom. The molecule has 1 aliphatic rings. The molecule has 0 bridgehead atoms. The van der Waals surface area contributed by atoms with Gasteiger partial charge in [-0.15, -0.1) is 0 Å². The van der Waals surface area contributed by atoms with Crippen molar-refractivity contribution < 1.29 is 9.84 Å². The number of aliphatic hydroxyl groups excluding tert-OH is 1. The van der Waals surface area contributed by atoms with Crippen LogP contribution in [0.3, 0.4) is 0 Å². The number of ether oxygens (including phenoxy) is 1. The molecular weight excluding hydrogens is 200 g/mol. The second kappa shape index (κ2) is 6.02. The Morgan fingerprint density at radius 2 is 1.75 bits per heavy atom. The van der Waals surface area contributed by atoms with E-state index in [0.717, 1.165) is 0 Å². The number of rotatable bonds is 4. The minimum atomic E-state index is -0.351. The van der Waals surface area contributed by atoms with Crippen molar-refractivity contribution >= 4 is 0 Å². The molecule has 0 saturated heterocycles. The highest BCUT2D eigenvalue weighted by Crippen LogP contribution is 2.34. The summed E-state index contributed by atoms with van der Waals surface area (Å²) in [5.74, 6) is 0.558. The van der Waals surface area contributed by atoms with Crippen molar-refractivity contribution in [3.8, 4) is 0 Å². The minimum absolute atomic E-state index is 0.0327. The smallest absolute Gasteiger partial charge is 0.0866 e. The molecule has 0 aromatic carbocycles. The van der Waals surface area contributed by atoms with Crippen LogP contribution >= 0.6 is 0 Å². The van der Waals surface area contributed by atoms with Gasteiger partial charge >= 0.3 is 0 Å². The van der Waals surface area contributed by atoms with Gasteiger partial charge in [0.25, 0.3) is 0 Å². The maximum Gasteiger partial charge on any atom is 0.0866 e. The molecule has 0 radical (unpaired) electrons. The molecule has 2 unspecified atom stereocenters. The lowest BCUT2D eigenvalue weighted by Crippen LogP contribution is -2.44. The number of hydrogen-bond acceptors (Lipinski definition) is 2. The van der Waals surface area contributed by atoms with Crippen LogP contribution in [-0.2, 0) is 4.74 Å². The predicted octanol–water partition coefficient (Wildman–Crippen LogP) is 3.38. The van der Waals surface area contributed by atoms with E-state index >= 15 is 0 Å². The first-order chi connectivity index (χ1) is 7.46. The van der Waals surface area contributed by atoms with Crippen LogP contribution in [0.4, 0.5) is 0 Å². The lowest BCUT2D eigenvalue weighted by molar-refractivity contribution is -0.110. The van der Waals surface area contributed by atoms with Crippen LogP contribution in [0.25, 0.3) is 0 Å². The van der Waals surface area contributed by atoms with Crippen molar-refractivity contribution in [3.05, 3.63) is 0 Å². The molecule has 0 aromatic heterocycles. The maximum atomic E-state index is 10.4. The summed E-state index contributed by atoms with van der Waals surface area (Å²) in [7, 11) is 0. The Kier molecular flexibility index (Phi) is 5.26. The second-order valence-corrected chi connectivity index (χ2v) is 6.13. The summed E-state index contributed by atoms with van der Waals surface area (Å²) in [6, 6.07) is 0. The third kappa shape index (κ3) is 3.74. The Bertz CT molecular complexity index is 189. The quantitative estimate of drug-likeness (QED) is 0.799. The van der Waals surface area contributed by atoms with E-state index in [1.807, 2.05) is 6.92 Å². The van der Waals surface area contributed by atoms with E-state index in [0.29, 0.717) is 12.5 Å². The second-order valence-electron chi connectivity index (χ2n) is 6.13. The van der Waals surface area contributed by atoms with Gasteiger partial charge in [-0.2, -0.15) is 0 Å². The van der Waals surface area contributed by atoms with E-state index in [1.165, 1.54) is 32.1 Å². The van der Waals surface area contributed by atoms with Crippen molar-refractivity contribution in [2.24, 2.45) is 11.3 Å². The van der Waals surface area contributed by atoms with Gasteiger partial charge < -0.3 is 9.84 Å². The average molecular weight is 228 g/mol. The molecule has 0 spiro atoms. The first-order valence-electron chi connectivity index (χ1n) is 6.76. The van der Waals surface area contributed by atoms with Gasteiger partial charge in [0.2, 0.25) is 0 Å². The van der Waals surface area contributed by atoms with Crippen molar-refractivity contribution in [1.29, 1.82) is 0 Å². The van der Waals surface area contributed by atoms with Gasteiger partial charge in [-0.3, -0.25) is 0 Å². The molecule has 0 heterocycles. The van der Waals surface area contributed by atoms with Crippen molar-refractivity contribution in [3.63, 3.8) is 0 Å². The van der Waals surface area contributed by atoms with Gasteiger partial charge in [0, 0.05) is 6.61 Å². The Balaban J connectivity index is 2.64. The van der Waals surface area contributed by atoms with Gasteiger partial charge in [0.05, 0.1) is 12.2 Å². The Morgan fingerprint density at radius 3 is 2.19 bits per heavy atom. The van der Waals surface area contributed by atoms with E-state index in [2.05, 4.69) is 20.8 Å². The van der Waals surface area contributed by atoms with Crippen LogP contribution < -0.4 is 0 Å². The summed E-state index contributed by atoms with van der Waals surface area (Å²) in [6.07, 6.45) is 6.06. The summed E-state index contributed by atoms with van der Waals surface area (Å²) in [6.45, 7) is 8.99. The fourth-order valence-corrected chi connectivity index (χ4v) is 2.63. The molecule has 0 aromatic rings. The number of aliphatic hydroxyl groups is 1. The van der Waals surface area contributed by atoms with Crippen molar-refractivity contribution in [2.75, 3.05) is 6.61 Å². The van der Waals surface area contributed by atoms with Crippen LogP contribution in [0.15, 0.2) is 0 Å². The van der Waals surface area contributed by atoms with Crippen molar-refractivity contribution in [2.45, 2.75) is 72.0 Å². The molecule has 2 nitrogen and oxygen atoms in total. The lowest BCUT2D eigenvalue weighted by atomic mass is 9.76. The van der Waals surface area contributed by atoms with Gasteiger partial charge in [0.1, 0.15) is 0 Å². The highest BCUT2D eigenvalue weighted by atomic mass is 16.5. The third-order valence-electron chi connectivity index (χ3n) is 3.67. The first-order valence-corrected chi connectivity index (χ1v) is 6.76. The summed E-state index contributed by atoms with van der Waals surface area (Å²) in [4.78, 5) is 0. The van der Waals surface area contributed by atoms with Crippen LogP contribution in [0.1, 0.15) is 59.8 Å². The highest BCUT2D eigenvalue weighted by molar-refractivity contribution is 4.86. The molecule has 1 aliphatic carbocycles. The molecule has 2 atom stereocenters. The highest BCUT2D eigenvalue weighted by Gasteiger charge is 2.36. The molecule has 1 fully saturated rings. The van der Waals surface area contributed by atoms with Crippen LogP contribution in [0.2, 0.25) is 0 Å². The van der Waals surface area contributed by atoms with Gasteiger partial charge in [-0.05, 0) is 31.1 Å². The normalized spacial score (nSPS) is 23.1. The zero-order valence-corrected chi connectivity index (χ0v) is 11.3. The van der Waals surface area contributed by atoms with Crippen LogP contribution in [0.5, 0.6) is 0 Å². The SMILES string of the molecule is CCOC(C1CCCCC1)C(O)C(C)(C)C. The molecule has 2 heteroatoms. The molecule has 16 heavy (non-hydrogen) atoms. The van der Waals surface area contributed by atoms with E-state index < -0.39 is 0 Å². The zero-order chi connectivity index (χ0) is 12.2. The fraction of sp³-hybridized carbons (Fsp3) is 1.00. The monoisotopic (exact) mass is 228 g/mol. The standard InChI is InChI=1S/C14H28O2/c1-5-16-12(13(15)14(2,3)4)11-9-7-6-8-10-11/h11-13,15H,5-10H2,1-4H3. The zero-order valence-electron chi connectivity index (χ0n) is 11.3. The largest absolute Gasteiger partial charge is 0.390 e.